The molecule has 1 fully saturated rings. The van der Waals surface area contributed by atoms with E-state index in [4.69, 9.17) is 9.47 Å². The number of carbonyl (C=O) groups is 1. The molecule has 0 N–H and O–H groups in total. The predicted molar refractivity (Wildman–Crippen MR) is 107 cm³/mol. The van der Waals surface area contributed by atoms with Crippen molar-refractivity contribution in [1.29, 1.82) is 0 Å². The molecule has 0 unspecified atom stereocenters. The summed E-state index contributed by atoms with van der Waals surface area (Å²) in [5, 5.41) is 0.955. The zero-order valence-electron chi connectivity index (χ0n) is 16.1. The van der Waals surface area contributed by atoms with Gasteiger partial charge in [0, 0.05) is 48.8 Å². The van der Waals surface area contributed by atoms with E-state index in [9.17, 15) is 4.79 Å². The van der Waals surface area contributed by atoms with Gasteiger partial charge in [-0.05, 0) is 29.8 Å². The molecule has 144 valence electrons. The van der Waals surface area contributed by atoms with Crippen molar-refractivity contribution >= 4 is 16.8 Å². The average Bonchev–Trinajstić information content (AvgIpc) is 3.22. The highest BCUT2D eigenvalue weighted by Crippen LogP contribution is 2.31. The van der Waals surface area contributed by atoms with E-state index in [1.165, 1.54) is 0 Å². The van der Waals surface area contributed by atoms with Crippen molar-refractivity contribution in [2.75, 3.05) is 20.2 Å². The van der Waals surface area contributed by atoms with Gasteiger partial charge in [0.25, 0.3) is 0 Å². The van der Waals surface area contributed by atoms with E-state index >= 15 is 0 Å². The molecule has 1 aliphatic rings. The van der Waals surface area contributed by atoms with Gasteiger partial charge in [-0.3, -0.25) is 9.78 Å². The Morgan fingerprint density at radius 1 is 1.18 bits per heavy atom. The molecule has 3 aromatic rings. The van der Waals surface area contributed by atoms with Gasteiger partial charge in [-0.1, -0.05) is 13.0 Å². The first-order valence-electron chi connectivity index (χ1n) is 9.51. The summed E-state index contributed by atoms with van der Waals surface area (Å²) in [6.45, 7) is 3.28. The number of methoxy groups -OCH3 is 1. The van der Waals surface area contributed by atoms with Gasteiger partial charge in [-0.15, -0.1) is 0 Å². The lowest BCUT2D eigenvalue weighted by Crippen LogP contribution is -2.30. The number of benzene rings is 1. The van der Waals surface area contributed by atoms with Crippen molar-refractivity contribution in [3.05, 3.63) is 48.8 Å². The summed E-state index contributed by atoms with van der Waals surface area (Å²) < 4.78 is 11.4. The number of ether oxygens (including phenoxy) is 2. The molecule has 0 bridgehead atoms. The van der Waals surface area contributed by atoms with E-state index in [1.54, 1.807) is 19.5 Å². The highest BCUT2D eigenvalue weighted by atomic mass is 16.5. The minimum absolute atomic E-state index is 0.00686. The number of hydrogen-bond donors (Lipinski definition) is 0. The van der Waals surface area contributed by atoms with Crippen LogP contribution < -0.4 is 9.47 Å². The number of amides is 1. The largest absolute Gasteiger partial charge is 0.488 e. The fourth-order valence-electron chi connectivity index (χ4n) is 3.53. The maximum absolute atomic E-state index is 11.9. The molecule has 1 saturated heterocycles. The van der Waals surface area contributed by atoms with Gasteiger partial charge in [0.15, 0.2) is 0 Å². The van der Waals surface area contributed by atoms with Crippen LogP contribution in [0.15, 0.2) is 48.8 Å². The molecular formula is C22H23N3O3. The first-order chi connectivity index (χ1) is 13.7. The summed E-state index contributed by atoms with van der Waals surface area (Å²) in [6.07, 6.45) is 4.94. The van der Waals surface area contributed by atoms with Gasteiger partial charge >= 0.3 is 0 Å². The second-order valence-corrected chi connectivity index (χ2v) is 6.85. The Morgan fingerprint density at radius 3 is 2.79 bits per heavy atom. The second kappa shape index (κ2) is 7.84. The Balaban J connectivity index is 1.61. The van der Waals surface area contributed by atoms with Crippen molar-refractivity contribution in [1.82, 2.24) is 14.9 Å². The normalized spacial score (nSPS) is 16.4. The Labute approximate surface area is 164 Å². The van der Waals surface area contributed by atoms with Gasteiger partial charge in [-0.2, -0.15) is 0 Å². The number of rotatable bonds is 5. The number of aromatic nitrogens is 2. The summed E-state index contributed by atoms with van der Waals surface area (Å²) in [7, 11) is 1.60. The maximum Gasteiger partial charge on any atom is 0.222 e. The Bertz CT molecular complexity index is 988. The lowest BCUT2D eigenvalue weighted by atomic mass is 10.0. The summed E-state index contributed by atoms with van der Waals surface area (Å²) >= 11 is 0. The topological polar surface area (TPSA) is 64.6 Å². The molecule has 1 amide bonds. The van der Waals surface area contributed by atoms with E-state index in [0.29, 0.717) is 18.8 Å². The highest BCUT2D eigenvalue weighted by molar-refractivity contribution is 5.89. The Hall–Kier alpha value is -3.15. The van der Waals surface area contributed by atoms with Gasteiger partial charge in [0.2, 0.25) is 11.8 Å². The zero-order chi connectivity index (χ0) is 19.5. The molecular weight excluding hydrogens is 354 g/mol. The summed E-state index contributed by atoms with van der Waals surface area (Å²) in [6, 6.07) is 11.8. The molecule has 0 radical (unpaired) electrons. The first kappa shape index (κ1) is 18.2. The SMILES string of the molecule is CCC(=O)N1CC[C@H](Oc2ccnc3ccc(-c4ccc(OC)nc4)cc23)C1. The van der Waals surface area contributed by atoms with Crippen LogP contribution in [0.3, 0.4) is 0 Å². The minimum Gasteiger partial charge on any atom is -0.488 e. The third-order valence-corrected chi connectivity index (χ3v) is 5.07. The van der Waals surface area contributed by atoms with Crippen molar-refractivity contribution in [3.8, 4) is 22.8 Å². The van der Waals surface area contributed by atoms with E-state index in [1.807, 2.05) is 42.2 Å². The molecule has 4 rings (SSSR count). The lowest BCUT2D eigenvalue weighted by molar-refractivity contribution is -0.130. The van der Waals surface area contributed by atoms with Gasteiger partial charge in [-0.25, -0.2) is 4.98 Å². The minimum atomic E-state index is 0.00686. The first-order valence-corrected chi connectivity index (χ1v) is 9.51. The van der Waals surface area contributed by atoms with Gasteiger partial charge in [0.05, 0.1) is 19.2 Å². The van der Waals surface area contributed by atoms with Crippen LogP contribution in [0.4, 0.5) is 0 Å². The zero-order valence-corrected chi connectivity index (χ0v) is 16.1. The molecule has 3 heterocycles. The lowest BCUT2D eigenvalue weighted by Gasteiger charge is -2.17. The molecule has 0 spiro atoms. The smallest absolute Gasteiger partial charge is 0.222 e. The third-order valence-electron chi connectivity index (χ3n) is 5.07. The fourth-order valence-corrected chi connectivity index (χ4v) is 3.53. The Morgan fingerprint density at radius 2 is 2.04 bits per heavy atom. The maximum atomic E-state index is 11.9. The third kappa shape index (κ3) is 3.63. The molecule has 0 aliphatic carbocycles. The quantitative estimate of drug-likeness (QED) is 0.678. The number of fused-ring (bicyclic) bond motifs is 1. The van der Waals surface area contributed by atoms with Crippen LogP contribution in [-0.2, 0) is 4.79 Å². The summed E-state index contributed by atoms with van der Waals surface area (Å²) in [5.74, 6) is 1.56. The van der Waals surface area contributed by atoms with Crippen molar-refractivity contribution < 1.29 is 14.3 Å². The van der Waals surface area contributed by atoms with Crippen LogP contribution in [0.1, 0.15) is 19.8 Å². The van der Waals surface area contributed by atoms with E-state index in [0.717, 1.165) is 40.7 Å². The number of carbonyl (C=O) groups excluding carboxylic acids is 1. The van der Waals surface area contributed by atoms with E-state index < -0.39 is 0 Å². The van der Waals surface area contributed by atoms with Crippen molar-refractivity contribution in [2.45, 2.75) is 25.9 Å². The van der Waals surface area contributed by atoms with Crippen LogP contribution in [0, 0.1) is 0 Å². The molecule has 28 heavy (non-hydrogen) atoms. The molecule has 1 aromatic carbocycles. The van der Waals surface area contributed by atoms with Gasteiger partial charge < -0.3 is 14.4 Å². The van der Waals surface area contributed by atoms with E-state index in [2.05, 4.69) is 16.0 Å². The fraction of sp³-hybridized carbons (Fsp3) is 0.318. The summed E-state index contributed by atoms with van der Waals surface area (Å²) in [5.41, 5.74) is 2.91. The Kier molecular flexibility index (Phi) is 5.10. The van der Waals surface area contributed by atoms with Gasteiger partial charge in [0.1, 0.15) is 11.9 Å². The van der Waals surface area contributed by atoms with E-state index in [-0.39, 0.29) is 12.0 Å². The summed E-state index contributed by atoms with van der Waals surface area (Å²) in [4.78, 5) is 22.5. The second-order valence-electron chi connectivity index (χ2n) is 6.85. The number of hydrogen-bond acceptors (Lipinski definition) is 5. The molecule has 6 nitrogen and oxygen atoms in total. The number of nitrogens with zero attached hydrogens (tertiary/aromatic N) is 3. The van der Waals surface area contributed by atoms with Crippen LogP contribution in [0.25, 0.3) is 22.0 Å². The van der Waals surface area contributed by atoms with Crippen LogP contribution in [-0.4, -0.2) is 47.1 Å². The van der Waals surface area contributed by atoms with Crippen LogP contribution >= 0.6 is 0 Å². The molecule has 6 heteroatoms. The van der Waals surface area contributed by atoms with Crippen molar-refractivity contribution in [3.63, 3.8) is 0 Å². The average molecular weight is 377 g/mol. The van der Waals surface area contributed by atoms with Crippen LogP contribution in [0.5, 0.6) is 11.6 Å². The molecule has 0 saturated carbocycles. The highest BCUT2D eigenvalue weighted by Gasteiger charge is 2.27. The number of likely N-dealkylation sites (tertiary alicyclic amines) is 1. The monoisotopic (exact) mass is 377 g/mol. The molecule has 1 atom stereocenters. The number of pyridine rings is 2. The molecule has 2 aromatic heterocycles. The molecule has 1 aliphatic heterocycles. The standard InChI is InChI=1S/C22H23N3O3/c1-3-22(26)25-11-9-17(14-25)28-20-8-10-23-19-6-4-15(12-18(19)20)16-5-7-21(27-2)24-13-16/h4-8,10,12-13,17H,3,9,11,14H2,1-2H3/t17-/m0/s1. The predicted octanol–water partition coefficient (Wildman–Crippen LogP) is 3.70. The van der Waals surface area contributed by atoms with Crippen molar-refractivity contribution in [2.24, 2.45) is 0 Å². The van der Waals surface area contributed by atoms with Crippen LogP contribution in [0.2, 0.25) is 0 Å².